The molecule has 1 aromatic rings. The third kappa shape index (κ3) is 2.25. The van der Waals surface area contributed by atoms with E-state index in [0.717, 1.165) is 18.7 Å². The summed E-state index contributed by atoms with van der Waals surface area (Å²) in [6.45, 7) is 1.02. The Hall–Kier alpha value is -0.480. The maximum Gasteiger partial charge on any atom is 0.105 e. The standard InChI is InChI=1S/C12H16Cl2N2O/c1-16-4-2-3-12(17,7-15)11-9(14)5-8(13)6-10(11)16/h5-6,17H,2-4,7,15H2,1H3. The lowest BCUT2D eigenvalue weighted by Crippen LogP contribution is -2.35. The van der Waals surface area contributed by atoms with Crippen molar-refractivity contribution in [2.24, 2.45) is 5.73 Å². The second-order valence-corrected chi connectivity index (χ2v) is 5.39. The van der Waals surface area contributed by atoms with Crippen LogP contribution in [0.1, 0.15) is 18.4 Å². The summed E-state index contributed by atoms with van der Waals surface area (Å²) < 4.78 is 0. The Morgan fingerprint density at radius 2 is 2.18 bits per heavy atom. The Kier molecular flexibility index (Phi) is 3.55. The zero-order chi connectivity index (χ0) is 12.6. The number of rotatable bonds is 1. The molecule has 0 fully saturated rings. The van der Waals surface area contributed by atoms with E-state index in [1.807, 2.05) is 13.1 Å². The van der Waals surface area contributed by atoms with Gasteiger partial charge < -0.3 is 15.7 Å². The van der Waals surface area contributed by atoms with Gasteiger partial charge in [0.25, 0.3) is 0 Å². The van der Waals surface area contributed by atoms with Crippen LogP contribution < -0.4 is 10.6 Å². The molecule has 1 aromatic carbocycles. The van der Waals surface area contributed by atoms with Gasteiger partial charge >= 0.3 is 0 Å². The van der Waals surface area contributed by atoms with E-state index in [9.17, 15) is 5.11 Å². The Labute approximate surface area is 111 Å². The second kappa shape index (κ2) is 4.65. The van der Waals surface area contributed by atoms with Gasteiger partial charge in [0.2, 0.25) is 0 Å². The third-order valence-electron chi connectivity index (χ3n) is 3.33. The summed E-state index contributed by atoms with van der Waals surface area (Å²) >= 11 is 12.2. The fourth-order valence-corrected chi connectivity index (χ4v) is 3.04. The van der Waals surface area contributed by atoms with E-state index in [1.165, 1.54) is 0 Å². The smallest absolute Gasteiger partial charge is 0.105 e. The fraction of sp³-hybridized carbons (Fsp3) is 0.500. The Morgan fingerprint density at radius 1 is 1.47 bits per heavy atom. The van der Waals surface area contributed by atoms with Gasteiger partial charge in [0, 0.05) is 36.4 Å². The predicted octanol–water partition coefficient (Wildman–Crippen LogP) is 2.37. The molecule has 1 aliphatic heterocycles. The van der Waals surface area contributed by atoms with Crippen LogP contribution in [-0.4, -0.2) is 25.2 Å². The molecular formula is C12H16Cl2N2O. The van der Waals surface area contributed by atoms with Gasteiger partial charge in [0.15, 0.2) is 0 Å². The van der Waals surface area contributed by atoms with E-state index in [4.69, 9.17) is 28.9 Å². The van der Waals surface area contributed by atoms with Gasteiger partial charge in [-0.1, -0.05) is 23.2 Å². The highest BCUT2D eigenvalue weighted by atomic mass is 35.5. The molecular weight excluding hydrogens is 259 g/mol. The first-order valence-electron chi connectivity index (χ1n) is 5.61. The number of anilines is 1. The van der Waals surface area contributed by atoms with Crippen LogP contribution >= 0.6 is 23.2 Å². The monoisotopic (exact) mass is 274 g/mol. The van der Waals surface area contributed by atoms with Crippen molar-refractivity contribution in [2.75, 3.05) is 25.0 Å². The SMILES string of the molecule is CN1CCCC(O)(CN)c2c(Cl)cc(Cl)cc21. The number of nitrogens with two attached hydrogens (primary N) is 1. The van der Waals surface area contributed by atoms with Crippen molar-refractivity contribution < 1.29 is 5.11 Å². The van der Waals surface area contributed by atoms with Crippen molar-refractivity contribution >= 4 is 28.9 Å². The number of nitrogens with zero attached hydrogens (tertiary/aromatic N) is 1. The van der Waals surface area contributed by atoms with Crippen LogP contribution in [-0.2, 0) is 5.60 Å². The molecule has 3 nitrogen and oxygen atoms in total. The first-order valence-corrected chi connectivity index (χ1v) is 6.36. The number of aliphatic hydroxyl groups is 1. The maximum atomic E-state index is 10.6. The average molecular weight is 275 g/mol. The molecule has 17 heavy (non-hydrogen) atoms. The van der Waals surface area contributed by atoms with Crippen LogP contribution in [0, 0.1) is 0 Å². The average Bonchev–Trinajstić information content (AvgIpc) is 2.38. The maximum absolute atomic E-state index is 10.6. The van der Waals surface area contributed by atoms with Crippen molar-refractivity contribution in [3.05, 3.63) is 27.7 Å². The topological polar surface area (TPSA) is 49.5 Å². The number of benzene rings is 1. The fourth-order valence-electron chi connectivity index (χ4n) is 2.38. The molecule has 1 heterocycles. The molecule has 94 valence electrons. The summed E-state index contributed by atoms with van der Waals surface area (Å²) in [5.74, 6) is 0. The van der Waals surface area contributed by atoms with Crippen LogP contribution in [0.15, 0.2) is 12.1 Å². The molecule has 5 heteroatoms. The Balaban J connectivity index is 2.67. The van der Waals surface area contributed by atoms with Gasteiger partial charge in [0.1, 0.15) is 5.60 Å². The molecule has 0 aromatic heterocycles. The number of fused-ring (bicyclic) bond motifs is 1. The number of hydrogen-bond donors (Lipinski definition) is 2. The quantitative estimate of drug-likeness (QED) is 0.827. The van der Waals surface area contributed by atoms with Gasteiger partial charge in [0.05, 0.1) is 5.02 Å². The molecule has 0 aliphatic carbocycles. The lowest BCUT2D eigenvalue weighted by atomic mass is 9.89. The van der Waals surface area contributed by atoms with E-state index < -0.39 is 5.60 Å². The van der Waals surface area contributed by atoms with Crippen molar-refractivity contribution in [3.63, 3.8) is 0 Å². The molecule has 0 bridgehead atoms. The minimum absolute atomic E-state index is 0.162. The van der Waals surface area contributed by atoms with E-state index in [2.05, 4.69) is 4.90 Å². The zero-order valence-corrected chi connectivity index (χ0v) is 11.2. The second-order valence-electron chi connectivity index (χ2n) is 4.54. The minimum atomic E-state index is -1.05. The highest BCUT2D eigenvalue weighted by Gasteiger charge is 2.35. The summed E-state index contributed by atoms with van der Waals surface area (Å²) in [4.78, 5) is 2.06. The van der Waals surface area contributed by atoms with Crippen molar-refractivity contribution in [3.8, 4) is 0 Å². The highest BCUT2D eigenvalue weighted by Crippen LogP contribution is 2.42. The van der Waals surface area contributed by atoms with Crippen molar-refractivity contribution in [1.82, 2.24) is 0 Å². The molecule has 1 unspecified atom stereocenters. The lowest BCUT2D eigenvalue weighted by molar-refractivity contribution is 0.0380. The summed E-state index contributed by atoms with van der Waals surface area (Å²) in [6.07, 6.45) is 1.48. The Bertz CT molecular complexity index is 439. The van der Waals surface area contributed by atoms with Gasteiger partial charge in [-0.3, -0.25) is 0 Å². The van der Waals surface area contributed by atoms with Crippen LogP contribution in [0.3, 0.4) is 0 Å². The number of halogens is 2. The van der Waals surface area contributed by atoms with Gasteiger partial charge in [-0.25, -0.2) is 0 Å². The van der Waals surface area contributed by atoms with Crippen LogP contribution in [0.4, 0.5) is 5.69 Å². The molecule has 1 atom stereocenters. The predicted molar refractivity (Wildman–Crippen MR) is 71.9 cm³/mol. The molecule has 1 aliphatic rings. The molecule has 3 N–H and O–H groups in total. The molecule has 0 amide bonds. The van der Waals surface area contributed by atoms with Crippen LogP contribution in [0.5, 0.6) is 0 Å². The number of hydrogen-bond acceptors (Lipinski definition) is 3. The largest absolute Gasteiger partial charge is 0.384 e. The van der Waals surface area contributed by atoms with Gasteiger partial charge in [-0.05, 0) is 25.0 Å². The highest BCUT2D eigenvalue weighted by molar-refractivity contribution is 6.35. The van der Waals surface area contributed by atoms with Gasteiger partial charge in [-0.15, -0.1) is 0 Å². The molecule has 0 saturated carbocycles. The van der Waals surface area contributed by atoms with Crippen molar-refractivity contribution in [1.29, 1.82) is 0 Å². The van der Waals surface area contributed by atoms with E-state index in [1.54, 1.807) is 6.07 Å². The minimum Gasteiger partial charge on any atom is -0.384 e. The van der Waals surface area contributed by atoms with E-state index >= 15 is 0 Å². The summed E-state index contributed by atoms with van der Waals surface area (Å²) in [5.41, 5.74) is 6.23. The first-order chi connectivity index (χ1) is 7.98. The zero-order valence-electron chi connectivity index (χ0n) is 9.71. The van der Waals surface area contributed by atoms with Gasteiger partial charge in [-0.2, -0.15) is 0 Å². The van der Waals surface area contributed by atoms with E-state index in [-0.39, 0.29) is 6.54 Å². The normalized spacial score (nSPS) is 24.4. The summed E-state index contributed by atoms with van der Waals surface area (Å²) in [6, 6.07) is 3.48. The van der Waals surface area contributed by atoms with E-state index in [0.29, 0.717) is 22.0 Å². The Morgan fingerprint density at radius 3 is 2.82 bits per heavy atom. The van der Waals surface area contributed by atoms with Crippen LogP contribution in [0.25, 0.3) is 0 Å². The van der Waals surface area contributed by atoms with Crippen LogP contribution in [0.2, 0.25) is 10.0 Å². The molecule has 2 rings (SSSR count). The molecule has 0 spiro atoms. The third-order valence-corrected chi connectivity index (χ3v) is 3.85. The summed E-state index contributed by atoms with van der Waals surface area (Å²) in [7, 11) is 1.97. The summed E-state index contributed by atoms with van der Waals surface area (Å²) in [5, 5.41) is 11.7. The molecule has 0 saturated heterocycles. The molecule has 0 radical (unpaired) electrons. The lowest BCUT2D eigenvalue weighted by Gasteiger charge is -2.29. The van der Waals surface area contributed by atoms with Crippen molar-refractivity contribution in [2.45, 2.75) is 18.4 Å². The first kappa shape index (κ1) is 13.0.